The van der Waals surface area contributed by atoms with E-state index in [-0.39, 0.29) is 0 Å². The van der Waals surface area contributed by atoms with Crippen molar-refractivity contribution >= 4 is 5.91 Å². The second-order valence-corrected chi connectivity index (χ2v) is 7.07. The average molecular weight is 341 g/mol. The lowest BCUT2D eigenvalue weighted by Gasteiger charge is -2.32. The van der Waals surface area contributed by atoms with Crippen molar-refractivity contribution in [3.05, 3.63) is 29.8 Å². The van der Waals surface area contributed by atoms with E-state index in [1.165, 1.54) is 12.8 Å². The van der Waals surface area contributed by atoms with Crippen LogP contribution < -0.4 is 4.74 Å². The van der Waals surface area contributed by atoms with Crippen molar-refractivity contribution in [1.29, 1.82) is 5.26 Å². The van der Waals surface area contributed by atoms with Gasteiger partial charge in [0.05, 0.1) is 11.6 Å². The van der Waals surface area contributed by atoms with E-state index < -0.39 is 0 Å². The molecule has 0 unspecified atom stereocenters. The molecule has 25 heavy (non-hydrogen) atoms. The van der Waals surface area contributed by atoms with Crippen molar-refractivity contribution in [1.82, 2.24) is 9.80 Å². The number of likely N-dealkylation sites (tertiary alicyclic amines) is 2. The van der Waals surface area contributed by atoms with Gasteiger partial charge in [-0.25, -0.2) is 0 Å². The Bertz CT molecular complexity index is 612. The summed E-state index contributed by atoms with van der Waals surface area (Å²) in [5, 5.41) is 8.91. The van der Waals surface area contributed by atoms with Crippen LogP contribution in [0.5, 0.6) is 5.75 Å². The molecule has 5 nitrogen and oxygen atoms in total. The summed E-state index contributed by atoms with van der Waals surface area (Å²) in [4.78, 5) is 16.7. The van der Waals surface area contributed by atoms with E-state index in [1.54, 1.807) is 12.1 Å². The molecule has 5 heteroatoms. The lowest BCUT2D eigenvalue weighted by Crippen LogP contribution is -2.38. The van der Waals surface area contributed by atoms with Crippen LogP contribution in [0.3, 0.4) is 0 Å². The van der Waals surface area contributed by atoms with Gasteiger partial charge in [0.15, 0.2) is 0 Å². The molecule has 1 amide bonds. The van der Waals surface area contributed by atoms with Crippen LogP contribution in [0.2, 0.25) is 0 Å². The molecule has 1 aromatic carbocycles. The van der Waals surface area contributed by atoms with Crippen LogP contribution in [0.4, 0.5) is 0 Å². The third-order valence-electron chi connectivity index (χ3n) is 5.27. The number of ether oxygens (including phenoxy) is 1. The molecular weight excluding hydrogens is 314 g/mol. The molecule has 0 saturated carbocycles. The minimum Gasteiger partial charge on any atom is -0.492 e. The van der Waals surface area contributed by atoms with E-state index in [0.29, 0.717) is 24.0 Å². The number of piperidine rings is 1. The predicted octanol–water partition coefficient (Wildman–Crippen LogP) is 2.66. The van der Waals surface area contributed by atoms with Crippen LogP contribution in [0.1, 0.15) is 37.7 Å². The summed E-state index contributed by atoms with van der Waals surface area (Å²) in [7, 11) is 0. The second kappa shape index (κ2) is 8.87. The lowest BCUT2D eigenvalue weighted by molar-refractivity contribution is -0.131. The molecule has 0 atom stereocenters. The first kappa shape index (κ1) is 17.8. The molecule has 1 aromatic rings. The van der Waals surface area contributed by atoms with Crippen LogP contribution in [-0.2, 0) is 4.79 Å². The highest BCUT2D eigenvalue weighted by atomic mass is 16.5. The molecule has 2 fully saturated rings. The molecule has 2 aliphatic rings. The average Bonchev–Trinajstić information content (AvgIpc) is 3.18. The summed E-state index contributed by atoms with van der Waals surface area (Å²) in [6, 6.07) is 9.41. The molecule has 3 rings (SSSR count). The number of benzene rings is 1. The predicted molar refractivity (Wildman–Crippen MR) is 96.2 cm³/mol. The maximum Gasteiger partial charge on any atom is 0.222 e. The van der Waals surface area contributed by atoms with E-state index in [1.807, 2.05) is 17.0 Å². The van der Waals surface area contributed by atoms with Gasteiger partial charge < -0.3 is 9.64 Å². The zero-order valence-corrected chi connectivity index (χ0v) is 14.8. The SMILES string of the molecule is N#Cc1cccc(OCCN2CCC(CC(=O)N3CCCC3)CC2)c1. The van der Waals surface area contributed by atoms with Gasteiger partial charge in [-0.15, -0.1) is 0 Å². The molecule has 0 N–H and O–H groups in total. The Hall–Kier alpha value is -2.06. The Morgan fingerprint density at radius 2 is 1.96 bits per heavy atom. The van der Waals surface area contributed by atoms with E-state index in [2.05, 4.69) is 11.0 Å². The zero-order chi connectivity index (χ0) is 17.5. The molecule has 0 aliphatic carbocycles. The summed E-state index contributed by atoms with van der Waals surface area (Å²) in [6.07, 6.45) is 5.27. The molecule has 2 aliphatic heterocycles. The van der Waals surface area contributed by atoms with Gasteiger partial charge in [0.2, 0.25) is 5.91 Å². The topological polar surface area (TPSA) is 56.6 Å². The van der Waals surface area contributed by atoms with E-state index in [9.17, 15) is 4.79 Å². The van der Waals surface area contributed by atoms with Crippen molar-refractivity contribution in [2.75, 3.05) is 39.3 Å². The number of hydrogen-bond acceptors (Lipinski definition) is 4. The minimum atomic E-state index is 0.358. The summed E-state index contributed by atoms with van der Waals surface area (Å²) in [6.45, 7) is 5.53. The van der Waals surface area contributed by atoms with Gasteiger partial charge in [-0.05, 0) is 62.9 Å². The third kappa shape index (κ3) is 5.20. The first-order chi connectivity index (χ1) is 12.2. The summed E-state index contributed by atoms with van der Waals surface area (Å²) in [5.41, 5.74) is 0.626. The number of nitrogens with zero attached hydrogens (tertiary/aromatic N) is 3. The summed E-state index contributed by atoms with van der Waals surface area (Å²) >= 11 is 0. The van der Waals surface area contributed by atoms with E-state index in [4.69, 9.17) is 10.00 Å². The van der Waals surface area contributed by atoms with Gasteiger partial charge in [-0.1, -0.05) is 6.07 Å². The van der Waals surface area contributed by atoms with Gasteiger partial charge in [0, 0.05) is 26.1 Å². The quantitative estimate of drug-likeness (QED) is 0.798. The smallest absolute Gasteiger partial charge is 0.222 e. The van der Waals surface area contributed by atoms with E-state index >= 15 is 0 Å². The van der Waals surface area contributed by atoms with Crippen molar-refractivity contribution in [2.24, 2.45) is 5.92 Å². The van der Waals surface area contributed by atoms with Crippen molar-refractivity contribution < 1.29 is 9.53 Å². The molecule has 2 heterocycles. The minimum absolute atomic E-state index is 0.358. The maximum atomic E-state index is 12.2. The van der Waals surface area contributed by atoms with Gasteiger partial charge >= 0.3 is 0 Å². The normalized spacial score (nSPS) is 18.9. The highest BCUT2D eigenvalue weighted by Crippen LogP contribution is 2.22. The third-order valence-corrected chi connectivity index (χ3v) is 5.27. The molecule has 0 radical (unpaired) electrons. The summed E-state index contributed by atoms with van der Waals surface area (Å²) in [5.74, 6) is 1.65. The van der Waals surface area contributed by atoms with Crippen molar-refractivity contribution in [2.45, 2.75) is 32.1 Å². The van der Waals surface area contributed by atoms with Crippen LogP contribution in [0, 0.1) is 17.2 Å². The Balaban J connectivity index is 1.33. The number of carbonyl (C=O) groups is 1. The highest BCUT2D eigenvalue weighted by molar-refractivity contribution is 5.76. The zero-order valence-electron chi connectivity index (χ0n) is 14.8. The maximum absolute atomic E-state index is 12.2. The van der Waals surface area contributed by atoms with Crippen LogP contribution in [-0.4, -0.2) is 55.0 Å². The van der Waals surface area contributed by atoms with Gasteiger partial charge in [-0.3, -0.25) is 9.69 Å². The standard InChI is InChI=1S/C20H27N3O2/c21-16-18-4-3-5-19(14-18)25-13-12-22-10-6-17(7-11-22)15-20(24)23-8-1-2-9-23/h3-5,14,17H,1-2,6-13,15H2. The number of rotatable bonds is 6. The van der Waals surface area contributed by atoms with Gasteiger partial charge in [0.1, 0.15) is 12.4 Å². The first-order valence-electron chi connectivity index (χ1n) is 9.37. The number of nitriles is 1. The number of hydrogen-bond donors (Lipinski definition) is 0. The fraction of sp³-hybridized carbons (Fsp3) is 0.600. The molecule has 0 spiro atoms. The molecular formula is C20H27N3O2. The fourth-order valence-electron chi connectivity index (χ4n) is 3.70. The Kier molecular flexibility index (Phi) is 6.30. The molecule has 2 saturated heterocycles. The van der Waals surface area contributed by atoms with Crippen LogP contribution in [0.15, 0.2) is 24.3 Å². The van der Waals surface area contributed by atoms with E-state index in [0.717, 1.165) is 57.7 Å². The van der Waals surface area contributed by atoms with Gasteiger partial charge in [0.25, 0.3) is 0 Å². The highest BCUT2D eigenvalue weighted by Gasteiger charge is 2.25. The van der Waals surface area contributed by atoms with Crippen molar-refractivity contribution in [3.63, 3.8) is 0 Å². The second-order valence-electron chi connectivity index (χ2n) is 7.07. The Morgan fingerprint density at radius 1 is 1.20 bits per heavy atom. The number of amides is 1. The Morgan fingerprint density at radius 3 is 2.68 bits per heavy atom. The van der Waals surface area contributed by atoms with Crippen molar-refractivity contribution in [3.8, 4) is 11.8 Å². The molecule has 0 aromatic heterocycles. The molecule has 0 bridgehead atoms. The number of carbonyl (C=O) groups excluding carboxylic acids is 1. The lowest BCUT2D eigenvalue weighted by atomic mass is 9.93. The molecule has 134 valence electrons. The van der Waals surface area contributed by atoms with Crippen LogP contribution in [0.25, 0.3) is 0 Å². The first-order valence-corrected chi connectivity index (χ1v) is 9.37. The van der Waals surface area contributed by atoms with Crippen LogP contribution >= 0.6 is 0 Å². The van der Waals surface area contributed by atoms with Gasteiger partial charge in [-0.2, -0.15) is 5.26 Å². The Labute approximate surface area is 150 Å². The summed E-state index contributed by atoms with van der Waals surface area (Å²) < 4.78 is 5.76. The monoisotopic (exact) mass is 341 g/mol. The largest absolute Gasteiger partial charge is 0.492 e. The fourth-order valence-corrected chi connectivity index (χ4v) is 3.70.